The minimum atomic E-state index is -0.333. The second-order valence-corrected chi connectivity index (χ2v) is 5.38. The van der Waals surface area contributed by atoms with E-state index in [-0.39, 0.29) is 5.97 Å². The van der Waals surface area contributed by atoms with E-state index in [0.29, 0.717) is 25.3 Å². The molecule has 2 rings (SSSR count). The predicted molar refractivity (Wildman–Crippen MR) is 101 cm³/mol. The fraction of sp³-hybridized carbons (Fsp3) is 0.286. The van der Waals surface area contributed by atoms with Crippen LogP contribution in [-0.2, 0) is 11.3 Å². The lowest BCUT2D eigenvalue weighted by atomic mass is 10.1. The van der Waals surface area contributed by atoms with E-state index in [1.807, 2.05) is 24.3 Å². The van der Waals surface area contributed by atoms with Crippen LogP contribution in [-0.4, -0.2) is 33.3 Å². The smallest absolute Gasteiger partial charge is 0.338 e. The molecule has 0 aliphatic rings. The van der Waals surface area contributed by atoms with E-state index in [1.165, 1.54) is 0 Å². The third kappa shape index (κ3) is 5.54. The van der Waals surface area contributed by atoms with Crippen LogP contribution in [0.2, 0.25) is 0 Å². The molecule has 0 spiro atoms. The molecule has 0 amide bonds. The van der Waals surface area contributed by atoms with Gasteiger partial charge in [-0.2, -0.15) is 0 Å². The van der Waals surface area contributed by atoms with Crippen molar-refractivity contribution in [3.8, 4) is 23.3 Å². The number of hydrogen-bond donors (Lipinski definition) is 1. The van der Waals surface area contributed by atoms with Gasteiger partial charge in [0.25, 0.3) is 0 Å². The van der Waals surface area contributed by atoms with Crippen molar-refractivity contribution in [2.45, 2.75) is 13.5 Å². The van der Waals surface area contributed by atoms with E-state index in [2.05, 4.69) is 17.2 Å². The first-order chi connectivity index (χ1) is 12.7. The maximum absolute atomic E-state index is 11.7. The highest BCUT2D eigenvalue weighted by Gasteiger charge is 2.06. The van der Waals surface area contributed by atoms with Crippen molar-refractivity contribution in [1.29, 1.82) is 0 Å². The number of carbonyl (C=O) groups excluding carboxylic acids is 1. The van der Waals surface area contributed by atoms with Crippen molar-refractivity contribution in [1.82, 2.24) is 5.32 Å². The van der Waals surface area contributed by atoms with Gasteiger partial charge in [0.15, 0.2) is 0 Å². The fourth-order valence-electron chi connectivity index (χ4n) is 2.34. The molecule has 0 radical (unpaired) electrons. The van der Waals surface area contributed by atoms with Gasteiger partial charge in [0, 0.05) is 23.7 Å². The minimum Gasteiger partial charge on any atom is -0.497 e. The van der Waals surface area contributed by atoms with Gasteiger partial charge in [0.05, 0.1) is 32.9 Å². The van der Waals surface area contributed by atoms with Crippen LogP contribution in [0.1, 0.15) is 28.4 Å². The van der Waals surface area contributed by atoms with Crippen LogP contribution in [0.25, 0.3) is 0 Å². The number of nitrogens with one attached hydrogen (secondary N) is 1. The van der Waals surface area contributed by atoms with E-state index in [9.17, 15) is 4.79 Å². The zero-order chi connectivity index (χ0) is 18.8. The Morgan fingerprint density at radius 1 is 1.12 bits per heavy atom. The Hall–Kier alpha value is -2.97. The van der Waals surface area contributed by atoms with E-state index in [0.717, 1.165) is 22.6 Å². The van der Waals surface area contributed by atoms with Gasteiger partial charge in [-0.25, -0.2) is 4.79 Å². The van der Waals surface area contributed by atoms with Gasteiger partial charge in [0.1, 0.15) is 11.5 Å². The summed E-state index contributed by atoms with van der Waals surface area (Å²) >= 11 is 0. The zero-order valence-electron chi connectivity index (χ0n) is 15.3. The van der Waals surface area contributed by atoms with Gasteiger partial charge in [0.2, 0.25) is 0 Å². The van der Waals surface area contributed by atoms with Crippen LogP contribution in [0, 0.1) is 11.8 Å². The van der Waals surface area contributed by atoms with Gasteiger partial charge >= 0.3 is 5.97 Å². The van der Waals surface area contributed by atoms with Crippen molar-refractivity contribution in [3.63, 3.8) is 0 Å². The maximum Gasteiger partial charge on any atom is 0.338 e. The quantitative estimate of drug-likeness (QED) is 0.471. The summed E-state index contributed by atoms with van der Waals surface area (Å²) in [7, 11) is 3.26. The molecule has 0 bridgehead atoms. The Balaban J connectivity index is 1.91. The minimum absolute atomic E-state index is 0.333. The third-order valence-electron chi connectivity index (χ3n) is 3.63. The summed E-state index contributed by atoms with van der Waals surface area (Å²) in [4.78, 5) is 11.7. The van der Waals surface area contributed by atoms with Crippen molar-refractivity contribution >= 4 is 5.97 Å². The lowest BCUT2D eigenvalue weighted by molar-refractivity contribution is 0.0526. The highest BCUT2D eigenvalue weighted by atomic mass is 16.5. The largest absolute Gasteiger partial charge is 0.497 e. The third-order valence-corrected chi connectivity index (χ3v) is 3.63. The Kier molecular flexibility index (Phi) is 7.53. The monoisotopic (exact) mass is 353 g/mol. The number of esters is 1. The topological polar surface area (TPSA) is 56.8 Å². The van der Waals surface area contributed by atoms with Crippen LogP contribution in [0.3, 0.4) is 0 Å². The van der Waals surface area contributed by atoms with Gasteiger partial charge in [-0.3, -0.25) is 0 Å². The molecule has 0 aromatic heterocycles. The van der Waals surface area contributed by atoms with Gasteiger partial charge in [-0.05, 0) is 31.2 Å². The molecular weight excluding hydrogens is 330 g/mol. The summed E-state index contributed by atoms with van der Waals surface area (Å²) in [5.74, 6) is 7.29. The second kappa shape index (κ2) is 10.1. The van der Waals surface area contributed by atoms with Gasteiger partial charge in [-0.1, -0.05) is 24.0 Å². The molecule has 0 atom stereocenters. The highest BCUT2D eigenvalue weighted by molar-refractivity contribution is 5.89. The maximum atomic E-state index is 11.7. The Bertz CT molecular complexity index is 805. The summed E-state index contributed by atoms with van der Waals surface area (Å²) in [5.41, 5.74) is 2.31. The molecule has 0 unspecified atom stereocenters. The fourth-order valence-corrected chi connectivity index (χ4v) is 2.34. The van der Waals surface area contributed by atoms with E-state index in [1.54, 1.807) is 39.3 Å². The Labute approximate surface area is 154 Å². The summed E-state index contributed by atoms with van der Waals surface area (Å²) in [6.07, 6.45) is 0. The average Bonchev–Trinajstić information content (AvgIpc) is 2.68. The van der Waals surface area contributed by atoms with Crippen LogP contribution < -0.4 is 14.8 Å². The lowest BCUT2D eigenvalue weighted by Gasteiger charge is -2.10. The lowest BCUT2D eigenvalue weighted by Crippen LogP contribution is -2.14. The Morgan fingerprint density at radius 3 is 2.69 bits per heavy atom. The van der Waals surface area contributed by atoms with Crippen molar-refractivity contribution in [2.24, 2.45) is 0 Å². The molecule has 2 aromatic rings. The molecule has 0 aliphatic heterocycles. The van der Waals surface area contributed by atoms with Crippen LogP contribution in [0.4, 0.5) is 0 Å². The van der Waals surface area contributed by atoms with Gasteiger partial charge < -0.3 is 19.5 Å². The zero-order valence-corrected chi connectivity index (χ0v) is 15.3. The normalized spacial score (nSPS) is 9.81. The molecule has 5 nitrogen and oxygen atoms in total. The number of ether oxygens (including phenoxy) is 3. The standard InChI is InChI=1S/C21H23NO4/c1-4-26-21(23)17-9-5-7-16(13-17)8-6-12-22-15-18-10-11-19(24-2)14-20(18)25-3/h5,7,9-11,13-14,22H,4,12,15H2,1-3H3. The van der Waals surface area contributed by atoms with Crippen LogP contribution in [0.5, 0.6) is 11.5 Å². The highest BCUT2D eigenvalue weighted by Crippen LogP contribution is 2.24. The first-order valence-electron chi connectivity index (χ1n) is 8.35. The first-order valence-corrected chi connectivity index (χ1v) is 8.35. The number of carbonyl (C=O) groups is 1. The average molecular weight is 353 g/mol. The van der Waals surface area contributed by atoms with E-state index >= 15 is 0 Å². The van der Waals surface area contributed by atoms with Crippen LogP contribution >= 0.6 is 0 Å². The first kappa shape index (κ1) is 19.4. The summed E-state index contributed by atoms with van der Waals surface area (Å²) in [6.45, 7) is 3.28. The molecule has 26 heavy (non-hydrogen) atoms. The van der Waals surface area contributed by atoms with Crippen molar-refractivity contribution in [2.75, 3.05) is 27.4 Å². The Morgan fingerprint density at radius 2 is 1.96 bits per heavy atom. The second-order valence-electron chi connectivity index (χ2n) is 5.38. The molecule has 0 saturated heterocycles. The molecule has 136 valence electrons. The van der Waals surface area contributed by atoms with E-state index in [4.69, 9.17) is 14.2 Å². The molecular formula is C21H23NO4. The number of rotatable bonds is 7. The molecule has 0 aliphatic carbocycles. The number of benzene rings is 2. The number of methoxy groups -OCH3 is 2. The number of hydrogen-bond acceptors (Lipinski definition) is 5. The molecule has 0 saturated carbocycles. The molecule has 0 fully saturated rings. The summed E-state index contributed by atoms with van der Waals surface area (Å²) in [6, 6.07) is 12.8. The van der Waals surface area contributed by atoms with Crippen molar-refractivity contribution < 1.29 is 19.0 Å². The van der Waals surface area contributed by atoms with Crippen molar-refractivity contribution in [3.05, 3.63) is 59.2 Å². The molecule has 5 heteroatoms. The molecule has 0 heterocycles. The molecule has 1 N–H and O–H groups in total. The predicted octanol–water partition coefficient (Wildman–Crippen LogP) is 3.02. The van der Waals surface area contributed by atoms with Crippen LogP contribution in [0.15, 0.2) is 42.5 Å². The summed E-state index contributed by atoms with van der Waals surface area (Å²) in [5, 5.41) is 3.26. The summed E-state index contributed by atoms with van der Waals surface area (Å²) < 4.78 is 15.6. The SMILES string of the molecule is CCOC(=O)c1cccc(C#CCNCc2ccc(OC)cc2OC)c1. The van der Waals surface area contributed by atoms with E-state index < -0.39 is 0 Å². The molecule has 2 aromatic carbocycles. The van der Waals surface area contributed by atoms with Gasteiger partial charge in [-0.15, -0.1) is 0 Å².